The van der Waals surface area contributed by atoms with Gasteiger partial charge in [0.25, 0.3) is 0 Å². The maximum Gasteiger partial charge on any atom is 0.0802 e. The Morgan fingerprint density at radius 3 is 1.95 bits per heavy atom. The molecule has 2 nitrogen and oxygen atoms in total. The summed E-state index contributed by atoms with van der Waals surface area (Å²) in [6, 6.07) is 7.95. The van der Waals surface area contributed by atoms with E-state index in [1.807, 2.05) is 24.3 Å². The standard InChI is InChI=1S/C17H28BrNO/c1-13(2)11-19(12-14(3)4)10-9-17(20)15-5-7-16(18)8-6-15/h5-8,13-14,17,20H,9-12H2,1-4H3. The molecule has 1 unspecified atom stereocenters. The number of benzene rings is 1. The molecule has 0 heterocycles. The van der Waals surface area contributed by atoms with Gasteiger partial charge in [0.2, 0.25) is 0 Å². The molecule has 1 aromatic rings. The summed E-state index contributed by atoms with van der Waals surface area (Å²) in [4.78, 5) is 2.47. The van der Waals surface area contributed by atoms with Gasteiger partial charge in [-0.15, -0.1) is 0 Å². The average molecular weight is 342 g/mol. The number of rotatable bonds is 8. The summed E-state index contributed by atoms with van der Waals surface area (Å²) in [5.74, 6) is 1.33. The van der Waals surface area contributed by atoms with Crippen molar-refractivity contribution in [3.8, 4) is 0 Å². The van der Waals surface area contributed by atoms with Gasteiger partial charge >= 0.3 is 0 Å². The molecule has 0 bridgehead atoms. The fourth-order valence-electron chi connectivity index (χ4n) is 2.45. The Kier molecular flexibility index (Phi) is 7.78. The normalized spacial score (nSPS) is 13.4. The highest BCUT2D eigenvalue weighted by molar-refractivity contribution is 9.10. The van der Waals surface area contributed by atoms with Gasteiger partial charge in [-0.1, -0.05) is 55.8 Å². The van der Waals surface area contributed by atoms with Crippen LogP contribution in [0.4, 0.5) is 0 Å². The van der Waals surface area contributed by atoms with Crippen molar-refractivity contribution < 1.29 is 5.11 Å². The fourth-order valence-corrected chi connectivity index (χ4v) is 2.71. The number of aliphatic hydroxyl groups excluding tert-OH is 1. The third-order valence-electron chi connectivity index (χ3n) is 3.22. The third-order valence-corrected chi connectivity index (χ3v) is 3.75. The smallest absolute Gasteiger partial charge is 0.0802 e. The van der Waals surface area contributed by atoms with Crippen LogP contribution in [-0.4, -0.2) is 29.6 Å². The minimum atomic E-state index is -0.370. The monoisotopic (exact) mass is 341 g/mol. The van der Waals surface area contributed by atoms with E-state index in [1.54, 1.807) is 0 Å². The second kappa shape index (κ2) is 8.81. The Labute approximate surface area is 132 Å². The molecule has 1 rings (SSSR count). The third kappa shape index (κ3) is 6.87. The van der Waals surface area contributed by atoms with Gasteiger partial charge < -0.3 is 10.0 Å². The highest BCUT2D eigenvalue weighted by atomic mass is 79.9. The summed E-state index contributed by atoms with van der Waals surface area (Å²) < 4.78 is 1.05. The lowest BCUT2D eigenvalue weighted by Gasteiger charge is -2.27. The van der Waals surface area contributed by atoms with E-state index < -0.39 is 0 Å². The molecule has 1 atom stereocenters. The molecular formula is C17H28BrNO. The molecule has 1 N–H and O–H groups in total. The van der Waals surface area contributed by atoms with Crippen LogP contribution >= 0.6 is 15.9 Å². The first-order valence-corrected chi connectivity index (χ1v) is 8.33. The number of nitrogens with zero attached hydrogens (tertiary/aromatic N) is 1. The maximum absolute atomic E-state index is 10.3. The Balaban J connectivity index is 2.50. The first-order valence-electron chi connectivity index (χ1n) is 7.54. The highest BCUT2D eigenvalue weighted by Gasteiger charge is 2.13. The molecule has 0 spiro atoms. The van der Waals surface area contributed by atoms with Crippen LogP contribution in [0.5, 0.6) is 0 Å². The molecule has 0 aliphatic rings. The lowest BCUT2D eigenvalue weighted by Crippen LogP contribution is -2.33. The predicted molar refractivity (Wildman–Crippen MR) is 89.8 cm³/mol. The first kappa shape index (κ1) is 17.7. The zero-order valence-electron chi connectivity index (χ0n) is 13.1. The molecule has 20 heavy (non-hydrogen) atoms. The highest BCUT2D eigenvalue weighted by Crippen LogP contribution is 2.20. The molecule has 0 fully saturated rings. The van der Waals surface area contributed by atoms with Gasteiger partial charge in [-0.3, -0.25) is 0 Å². The van der Waals surface area contributed by atoms with Crippen LogP contribution in [0.2, 0.25) is 0 Å². The van der Waals surface area contributed by atoms with E-state index in [4.69, 9.17) is 0 Å². The van der Waals surface area contributed by atoms with E-state index in [1.165, 1.54) is 0 Å². The van der Waals surface area contributed by atoms with Crippen LogP contribution in [-0.2, 0) is 0 Å². The van der Waals surface area contributed by atoms with Crippen LogP contribution in [0.1, 0.15) is 45.8 Å². The lowest BCUT2D eigenvalue weighted by molar-refractivity contribution is 0.131. The SMILES string of the molecule is CC(C)CN(CCC(O)c1ccc(Br)cc1)CC(C)C. The Morgan fingerprint density at radius 2 is 1.50 bits per heavy atom. The van der Waals surface area contributed by atoms with Crippen LogP contribution in [0.3, 0.4) is 0 Å². The largest absolute Gasteiger partial charge is 0.388 e. The van der Waals surface area contributed by atoms with Crippen molar-refractivity contribution in [2.75, 3.05) is 19.6 Å². The summed E-state index contributed by atoms with van der Waals surface area (Å²) in [5, 5.41) is 10.3. The van der Waals surface area contributed by atoms with E-state index in [0.717, 1.165) is 36.1 Å². The van der Waals surface area contributed by atoms with Gasteiger partial charge in [0.05, 0.1) is 6.10 Å². The molecule has 0 saturated carbocycles. The van der Waals surface area contributed by atoms with Gasteiger partial charge in [0.15, 0.2) is 0 Å². The van der Waals surface area contributed by atoms with Crippen molar-refractivity contribution in [3.05, 3.63) is 34.3 Å². The number of hydrogen-bond acceptors (Lipinski definition) is 2. The lowest BCUT2D eigenvalue weighted by atomic mass is 10.1. The van der Waals surface area contributed by atoms with Crippen molar-refractivity contribution >= 4 is 15.9 Å². The van der Waals surface area contributed by atoms with Crippen molar-refractivity contribution in [3.63, 3.8) is 0 Å². The van der Waals surface area contributed by atoms with E-state index >= 15 is 0 Å². The van der Waals surface area contributed by atoms with Crippen molar-refractivity contribution in [1.29, 1.82) is 0 Å². The molecule has 0 radical (unpaired) electrons. The summed E-state index contributed by atoms with van der Waals surface area (Å²) in [7, 11) is 0. The average Bonchev–Trinajstić information content (AvgIpc) is 2.35. The first-order chi connectivity index (χ1) is 9.38. The second-order valence-corrected chi connectivity index (χ2v) is 7.32. The predicted octanol–water partition coefficient (Wildman–Crippen LogP) is 4.49. The van der Waals surface area contributed by atoms with E-state index in [0.29, 0.717) is 11.8 Å². The molecule has 0 saturated heterocycles. The van der Waals surface area contributed by atoms with Crippen molar-refractivity contribution in [2.45, 2.75) is 40.2 Å². The molecule has 0 aliphatic carbocycles. The van der Waals surface area contributed by atoms with Gasteiger partial charge in [-0.05, 0) is 36.0 Å². The van der Waals surface area contributed by atoms with Gasteiger partial charge in [-0.25, -0.2) is 0 Å². The summed E-state index contributed by atoms with van der Waals surface area (Å²) in [6.45, 7) is 12.2. The quantitative estimate of drug-likeness (QED) is 0.753. The fraction of sp³-hybridized carbons (Fsp3) is 0.647. The topological polar surface area (TPSA) is 23.5 Å². The molecule has 114 valence electrons. The number of halogens is 1. The maximum atomic E-state index is 10.3. The van der Waals surface area contributed by atoms with E-state index in [2.05, 4.69) is 48.5 Å². The Hall–Kier alpha value is -0.380. The molecular weight excluding hydrogens is 314 g/mol. The van der Waals surface area contributed by atoms with E-state index in [-0.39, 0.29) is 6.10 Å². The van der Waals surface area contributed by atoms with Gasteiger partial charge in [-0.2, -0.15) is 0 Å². The second-order valence-electron chi connectivity index (χ2n) is 6.40. The molecule has 0 aromatic heterocycles. The van der Waals surface area contributed by atoms with Crippen LogP contribution < -0.4 is 0 Å². The van der Waals surface area contributed by atoms with E-state index in [9.17, 15) is 5.11 Å². The summed E-state index contributed by atoms with van der Waals surface area (Å²) >= 11 is 3.42. The molecule has 0 amide bonds. The van der Waals surface area contributed by atoms with Crippen LogP contribution in [0.15, 0.2) is 28.7 Å². The number of hydrogen-bond donors (Lipinski definition) is 1. The molecule has 0 aliphatic heterocycles. The van der Waals surface area contributed by atoms with Gasteiger partial charge in [0.1, 0.15) is 0 Å². The molecule has 1 aromatic carbocycles. The van der Waals surface area contributed by atoms with Crippen molar-refractivity contribution in [1.82, 2.24) is 4.90 Å². The minimum absolute atomic E-state index is 0.370. The van der Waals surface area contributed by atoms with Crippen LogP contribution in [0.25, 0.3) is 0 Å². The summed E-state index contributed by atoms with van der Waals surface area (Å²) in [6.07, 6.45) is 0.422. The zero-order valence-corrected chi connectivity index (χ0v) is 14.7. The summed E-state index contributed by atoms with van der Waals surface area (Å²) in [5.41, 5.74) is 1.00. The van der Waals surface area contributed by atoms with Gasteiger partial charge in [0, 0.05) is 24.1 Å². The van der Waals surface area contributed by atoms with Crippen molar-refractivity contribution in [2.24, 2.45) is 11.8 Å². The Morgan fingerprint density at radius 1 is 1.00 bits per heavy atom. The zero-order chi connectivity index (χ0) is 15.1. The Bertz CT molecular complexity index is 365. The van der Waals surface area contributed by atoms with Crippen LogP contribution in [0, 0.1) is 11.8 Å². The minimum Gasteiger partial charge on any atom is -0.388 e. The molecule has 3 heteroatoms. The number of aliphatic hydroxyl groups is 1.